The van der Waals surface area contributed by atoms with E-state index in [-0.39, 0.29) is 6.54 Å². The summed E-state index contributed by atoms with van der Waals surface area (Å²) in [6.07, 6.45) is 1.67. The van der Waals surface area contributed by atoms with E-state index < -0.39 is 5.97 Å². The molecule has 0 saturated carbocycles. The lowest BCUT2D eigenvalue weighted by Gasteiger charge is -2.27. The topological polar surface area (TPSA) is 84.1 Å². The maximum atomic E-state index is 11.1. The van der Waals surface area contributed by atoms with Gasteiger partial charge in [-0.3, -0.25) is 0 Å². The molecule has 0 fully saturated rings. The van der Waals surface area contributed by atoms with E-state index in [2.05, 4.69) is 22.1 Å². The molecular formula is C9H11N5O2. The van der Waals surface area contributed by atoms with Gasteiger partial charge >= 0.3 is 5.97 Å². The van der Waals surface area contributed by atoms with Crippen molar-refractivity contribution in [3.05, 3.63) is 23.9 Å². The molecule has 2 heterocycles. The minimum Gasteiger partial charge on any atom is -0.478 e. The Morgan fingerprint density at radius 2 is 2.44 bits per heavy atom. The summed E-state index contributed by atoms with van der Waals surface area (Å²) in [6, 6.07) is 0. The van der Waals surface area contributed by atoms with Crippen molar-refractivity contribution in [2.75, 3.05) is 11.4 Å². The Labute approximate surface area is 91.7 Å². The normalized spacial score (nSPS) is 14.9. The zero-order valence-electron chi connectivity index (χ0n) is 8.79. The Kier molecular flexibility index (Phi) is 2.43. The van der Waals surface area contributed by atoms with E-state index in [0.717, 1.165) is 0 Å². The summed E-state index contributed by atoms with van der Waals surface area (Å²) >= 11 is 0. The summed E-state index contributed by atoms with van der Waals surface area (Å²) < 4.78 is 1.46. The molecule has 0 bridgehead atoms. The van der Waals surface area contributed by atoms with Crippen molar-refractivity contribution in [3.63, 3.8) is 0 Å². The first-order valence-electron chi connectivity index (χ1n) is 4.72. The summed E-state index contributed by atoms with van der Waals surface area (Å²) in [5, 5.41) is 20.2. The maximum Gasteiger partial charge on any atom is 0.335 e. The van der Waals surface area contributed by atoms with Gasteiger partial charge in [-0.25, -0.2) is 9.48 Å². The number of fused-ring (bicyclic) bond motifs is 1. The number of hydrogen-bond donors (Lipinski definition) is 1. The molecule has 1 aliphatic heterocycles. The van der Waals surface area contributed by atoms with E-state index in [1.54, 1.807) is 17.9 Å². The molecule has 0 atom stereocenters. The molecular weight excluding hydrogens is 210 g/mol. The number of aromatic nitrogens is 4. The van der Waals surface area contributed by atoms with Crippen molar-refractivity contribution < 1.29 is 9.90 Å². The Balaban J connectivity index is 2.48. The second kappa shape index (κ2) is 3.76. The van der Waals surface area contributed by atoms with Crippen LogP contribution in [0, 0.1) is 0 Å². The zero-order valence-corrected chi connectivity index (χ0v) is 8.79. The van der Waals surface area contributed by atoms with Crippen molar-refractivity contribution in [1.82, 2.24) is 20.2 Å². The van der Waals surface area contributed by atoms with Crippen molar-refractivity contribution in [2.24, 2.45) is 0 Å². The fourth-order valence-electron chi connectivity index (χ4n) is 1.64. The third kappa shape index (κ3) is 1.46. The minimum absolute atomic E-state index is 0.192. The van der Waals surface area contributed by atoms with Crippen molar-refractivity contribution in [1.29, 1.82) is 0 Å². The quantitative estimate of drug-likeness (QED) is 0.725. The minimum atomic E-state index is -0.951. The first-order chi connectivity index (χ1) is 7.65. The zero-order chi connectivity index (χ0) is 11.7. The molecule has 1 N–H and O–H groups in total. The summed E-state index contributed by atoms with van der Waals surface area (Å²) in [6.45, 7) is 6.03. The lowest BCUT2D eigenvalue weighted by molar-refractivity contribution is -0.133. The molecule has 1 aromatic heterocycles. The molecule has 7 nitrogen and oxygen atoms in total. The Hall–Kier alpha value is -2.18. The third-order valence-electron chi connectivity index (χ3n) is 2.47. The number of allylic oxidation sites excluding steroid dienone is 1. The van der Waals surface area contributed by atoms with Gasteiger partial charge in [0.1, 0.15) is 0 Å². The summed E-state index contributed by atoms with van der Waals surface area (Å²) in [5.41, 5.74) is 0.941. The number of carboxylic acid groups (broad SMARTS) is 1. The number of carbonyl (C=O) groups is 1. The molecule has 2 rings (SSSR count). The number of tetrazole rings is 1. The van der Waals surface area contributed by atoms with E-state index >= 15 is 0 Å². The molecule has 0 unspecified atom stereocenters. The third-order valence-corrected chi connectivity index (χ3v) is 2.47. The number of hydrogen-bond acceptors (Lipinski definition) is 5. The van der Waals surface area contributed by atoms with E-state index in [1.807, 2.05) is 0 Å². The van der Waals surface area contributed by atoms with E-state index in [9.17, 15) is 4.79 Å². The van der Waals surface area contributed by atoms with Crippen LogP contribution in [0.4, 0.5) is 5.95 Å². The molecule has 0 aromatic carbocycles. The van der Waals surface area contributed by atoms with Crippen molar-refractivity contribution >= 4 is 11.9 Å². The number of aliphatic carboxylic acids is 1. The van der Waals surface area contributed by atoms with Crippen LogP contribution in [0.1, 0.15) is 6.92 Å². The standard InChI is InChI=1S/C9H11N5O2/c1-3-4-13-6(2)7(8(15)16)5-14-9(13)10-11-12-14/h3H,1,4-5H2,2H3,(H,15,16). The Morgan fingerprint density at radius 1 is 1.69 bits per heavy atom. The van der Waals surface area contributed by atoms with Gasteiger partial charge in [0.25, 0.3) is 0 Å². The molecule has 16 heavy (non-hydrogen) atoms. The molecule has 1 aromatic rings. The van der Waals surface area contributed by atoms with Crippen LogP contribution in [0.2, 0.25) is 0 Å². The molecule has 0 aliphatic carbocycles. The highest BCUT2D eigenvalue weighted by molar-refractivity contribution is 5.88. The molecule has 7 heteroatoms. The molecule has 84 valence electrons. The monoisotopic (exact) mass is 221 g/mol. The Morgan fingerprint density at radius 3 is 3.06 bits per heavy atom. The predicted octanol–water partition coefficient (Wildman–Crippen LogP) is 0.0377. The highest BCUT2D eigenvalue weighted by Crippen LogP contribution is 2.24. The summed E-state index contributed by atoms with van der Waals surface area (Å²) in [5.74, 6) is -0.407. The molecule has 0 radical (unpaired) electrons. The van der Waals surface area contributed by atoms with Crippen molar-refractivity contribution in [3.8, 4) is 0 Å². The van der Waals surface area contributed by atoms with Gasteiger partial charge in [0.2, 0.25) is 5.95 Å². The Bertz CT molecular complexity index is 476. The average molecular weight is 221 g/mol. The fourth-order valence-corrected chi connectivity index (χ4v) is 1.64. The number of nitrogens with zero attached hydrogens (tertiary/aromatic N) is 5. The van der Waals surface area contributed by atoms with Gasteiger partial charge in [-0.2, -0.15) is 0 Å². The maximum absolute atomic E-state index is 11.1. The summed E-state index contributed by atoms with van der Waals surface area (Å²) in [4.78, 5) is 12.8. The molecule has 0 saturated heterocycles. The SMILES string of the molecule is C=CCN1C(C)=C(C(=O)O)Cn2nnnc21. The number of rotatable bonds is 3. The molecule has 1 aliphatic rings. The number of carboxylic acids is 1. The van der Waals surface area contributed by atoms with Crippen molar-refractivity contribution in [2.45, 2.75) is 13.5 Å². The predicted molar refractivity (Wildman–Crippen MR) is 55.7 cm³/mol. The first-order valence-corrected chi connectivity index (χ1v) is 4.72. The first kappa shape index (κ1) is 10.3. The number of anilines is 1. The van der Waals surface area contributed by atoms with Crippen LogP contribution >= 0.6 is 0 Å². The molecule has 0 amide bonds. The van der Waals surface area contributed by atoms with Crippen LogP contribution in [0.25, 0.3) is 0 Å². The average Bonchev–Trinajstić information content (AvgIpc) is 2.69. The van der Waals surface area contributed by atoms with Crippen LogP contribution in [0.3, 0.4) is 0 Å². The largest absolute Gasteiger partial charge is 0.478 e. The van der Waals surface area contributed by atoms with Crippen LogP contribution in [0.15, 0.2) is 23.9 Å². The van der Waals surface area contributed by atoms with Crippen LogP contribution in [0.5, 0.6) is 0 Å². The molecule has 0 spiro atoms. The van der Waals surface area contributed by atoms with Gasteiger partial charge < -0.3 is 10.0 Å². The van der Waals surface area contributed by atoms with E-state index in [1.165, 1.54) is 4.68 Å². The van der Waals surface area contributed by atoms with Gasteiger partial charge in [0, 0.05) is 12.2 Å². The van der Waals surface area contributed by atoms with Crippen LogP contribution < -0.4 is 4.90 Å². The second-order valence-corrected chi connectivity index (χ2v) is 3.40. The highest BCUT2D eigenvalue weighted by atomic mass is 16.4. The van der Waals surface area contributed by atoms with Gasteiger partial charge in [-0.1, -0.05) is 11.2 Å². The van der Waals surface area contributed by atoms with Crippen LogP contribution in [-0.2, 0) is 11.3 Å². The van der Waals surface area contributed by atoms with Gasteiger partial charge in [-0.15, -0.1) is 6.58 Å². The lowest BCUT2D eigenvalue weighted by Crippen LogP contribution is -2.33. The van der Waals surface area contributed by atoms with E-state index in [0.29, 0.717) is 23.8 Å². The van der Waals surface area contributed by atoms with Gasteiger partial charge in [-0.05, 0) is 17.4 Å². The van der Waals surface area contributed by atoms with Crippen LogP contribution in [-0.4, -0.2) is 37.8 Å². The van der Waals surface area contributed by atoms with Gasteiger partial charge in [0.05, 0.1) is 12.1 Å². The second-order valence-electron chi connectivity index (χ2n) is 3.40. The summed E-state index contributed by atoms with van der Waals surface area (Å²) in [7, 11) is 0. The smallest absolute Gasteiger partial charge is 0.335 e. The lowest BCUT2D eigenvalue weighted by atomic mass is 10.1. The highest BCUT2D eigenvalue weighted by Gasteiger charge is 2.27. The van der Waals surface area contributed by atoms with E-state index in [4.69, 9.17) is 5.11 Å². The van der Waals surface area contributed by atoms with Gasteiger partial charge in [0.15, 0.2) is 0 Å². The fraction of sp³-hybridized carbons (Fsp3) is 0.333.